The van der Waals surface area contributed by atoms with Gasteiger partial charge in [0.1, 0.15) is 12.6 Å². The van der Waals surface area contributed by atoms with Crippen molar-refractivity contribution in [1.29, 1.82) is 0 Å². The molecule has 0 radical (unpaired) electrons. The molecule has 2 unspecified atom stereocenters. The summed E-state index contributed by atoms with van der Waals surface area (Å²) in [6.07, 6.45) is 47.5. The Kier molecular flexibility index (Phi) is 35.1. The number of rotatable bonds is 36. The molecular weight excluding hydrogens is 691 g/mol. The van der Waals surface area contributed by atoms with Gasteiger partial charge in [0.05, 0.1) is 40.3 Å². The van der Waals surface area contributed by atoms with Crippen LogP contribution in [-0.4, -0.2) is 75.5 Å². The maximum atomic E-state index is 12.7. The SMILES string of the molecule is CC/C=C/C=C/C=C/C=C/C=C/CCCCCC(=O)OCC(COCCC(C(=O)[O-])[N+](C)(C)C)OC(=O)CCCCC/C=C/C=C/CCCCCCCCC. The van der Waals surface area contributed by atoms with E-state index in [2.05, 4.69) is 50.3 Å². The number of hydrogen-bond donors (Lipinski definition) is 0. The summed E-state index contributed by atoms with van der Waals surface area (Å²) in [7, 11) is 5.37. The van der Waals surface area contributed by atoms with E-state index in [0.29, 0.717) is 12.8 Å². The second-order valence-electron chi connectivity index (χ2n) is 15.0. The molecule has 8 heteroatoms. The van der Waals surface area contributed by atoms with Gasteiger partial charge in [0.2, 0.25) is 0 Å². The lowest BCUT2D eigenvalue weighted by Crippen LogP contribution is -2.55. The second-order valence-corrected chi connectivity index (χ2v) is 15.0. The van der Waals surface area contributed by atoms with Crippen LogP contribution in [0.2, 0.25) is 0 Å². The van der Waals surface area contributed by atoms with Gasteiger partial charge in [0.15, 0.2) is 6.10 Å². The zero-order valence-electron chi connectivity index (χ0n) is 35.3. The number of quaternary nitrogens is 1. The number of hydrogen-bond acceptors (Lipinski definition) is 7. The van der Waals surface area contributed by atoms with Crippen LogP contribution < -0.4 is 5.11 Å². The van der Waals surface area contributed by atoms with Gasteiger partial charge in [0, 0.05) is 19.3 Å². The van der Waals surface area contributed by atoms with Crippen LogP contribution in [0.1, 0.15) is 142 Å². The molecule has 0 saturated heterocycles. The molecule has 0 N–H and O–H groups in total. The molecular formula is C47H77NO7. The molecule has 0 aliphatic rings. The van der Waals surface area contributed by atoms with Gasteiger partial charge in [-0.15, -0.1) is 0 Å². The zero-order valence-corrected chi connectivity index (χ0v) is 35.3. The fourth-order valence-electron chi connectivity index (χ4n) is 5.61. The highest BCUT2D eigenvalue weighted by molar-refractivity contribution is 5.70. The summed E-state index contributed by atoms with van der Waals surface area (Å²) in [6.45, 7) is 4.41. The van der Waals surface area contributed by atoms with E-state index >= 15 is 0 Å². The van der Waals surface area contributed by atoms with E-state index < -0.39 is 18.1 Å². The molecule has 55 heavy (non-hydrogen) atoms. The van der Waals surface area contributed by atoms with E-state index in [9.17, 15) is 19.5 Å². The average Bonchev–Trinajstić information content (AvgIpc) is 3.14. The van der Waals surface area contributed by atoms with Gasteiger partial charge in [-0.05, 0) is 57.8 Å². The van der Waals surface area contributed by atoms with E-state index in [4.69, 9.17) is 14.2 Å². The monoisotopic (exact) mass is 768 g/mol. The predicted molar refractivity (Wildman–Crippen MR) is 226 cm³/mol. The van der Waals surface area contributed by atoms with Crippen molar-refractivity contribution in [2.24, 2.45) is 0 Å². The van der Waals surface area contributed by atoms with Gasteiger partial charge in [-0.25, -0.2) is 0 Å². The summed E-state index contributed by atoms with van der Waals surface area (Å²) >= 11 is 0. The summed E-state index contributed by atoms with van der Waals surface area (Å²) in [5.74, 6) is -1.84. The first-order valence-corrected chi connectivity index (χ1v) is 21.2. The van der Waals surface area contributed by atoms with Crippen LogP contribution in [0.3, 0.4) is 0 Å². The quantitative estimate of drug-likeness (QED) is 0.0271. The van der Waals surface area contributed by atoms with E-state index in [1.54, 1.807) is 21.1 Å². The number of esters is 2. The van der Waals surface area contributed by atoms with Crippen molar-refractivity contribution < 1.29 is 38.2 Å². The van der Waals surface area contributed by atoms with Crippen LogP contribution in [0.5, 0.6) is 0 Å². The molecule has 312 valence electrons. The number of nitrogens with zero attached hydrogens (tertiary/aromatic N) is 1. The maximum absolute atomic E-state index is 12.7. The van der Waals surface area contributed by atoms with Gasteiger partial charge in [-0.1, -0.05) is 150 Å². The Morgan fingerprint density at radius 2 is 1.02 bits per heavy atom. The predicted octanol–water partition coefficient (Wildman–Crippen LogP) is 10.0. The summed E-state index contributed by atoms with van der Waals surface area (Å²) in [5.41, 5.74) is 0. The van der Waals surface area contributed by atoms with Crippen LogP contribution in [0.15, 0.2) is 85.1 Å². The molecule has 2 atom stereocenters. The topological polar surface area (TPSA) is 102 Å². The fourth-order valence-corrected chi connectivity index (χ4v) is 5.61. The largest absolute Gasteiger partial charge is 0.544 e. The van der Waals surface area contributed by atoms with Crippen LogP contribution in [0.25, 0.3) is 0 Å². The van der Waals surface area contributed by atoms with Gasteiger partial charge in [-0.2, -0.15) is 0 Å². The molecule has 0 heterocycles. The minimum absolute atomic E-state index is 0.0107. The first-order valence-electron chi connectivity index (χ1n) is 21.2. The average molecular weight is 768 g/mol. The standard InChI is InChI=1S/C47H77NO7/c1-6-8-10-12-14-16-18-20-22-24-26-28-30-32-34-36-38-46(50)55-43(41-53-40-39-44(47(51)52)48(3,4)5)42-54-45(49)37-35-33-31-29-27-25-23-21-19-17-15-13-11-9-7-2/h9,11,13,15,17,19,21-28,43-44H,6-8,10,12,14,16,18,20,29-42H2,1-5H3/b11-9+,15-13+,19-17+,23-21+,24-22+,27-25+,28-26+. The van der Waals surface area contributed by atoms with Gasteiger partial charge >= 0.3 is 11.9 Å². The number of aliphatic carboxylic acids is 1. The molecule has 0 rings (SSSR count). The molecule has 0 bridgehead atoms. The van der Waals surface area contributed by atoms with E-state index in [0.717, 1.165) is 51.4 Å². The molecule has 0 aliphatic heterocycles. The Balaban J connectivity index is 4.52. The highest BCUT2D eigenvalue weighted by atomic mass is 16.6. The number of unbranched alkanes of at least 4 members (excludes halogenated alkanes) is 13. The molecule has 0 spiro atoms. The Morgan fingerprint density at radius 3 is 1.53 bits per heavy atom. The minimum Gasteiger partial charge on any atom is -0.544 e. The summed E-state index contributed by atoms with van der Waals surface area (Å²) in [4.78, 5) is 36.8. The number of carboxylic acid groups (broad SMARTS) is 1. The second kappa shape index (κ2) is 37.4. The van der Waals surface area contributed by atoms with Gasteiger partial charge in [0.25, 0.3) is 0 Å². The number of ether oxygens (including phenoxy) is 3. The Morgan fingerprint density at radius 1 is 0.564 bits per heavy atom. The molecule has 0 fully saturated rings. The highest BCUT2D eigenvalue weighted by Crippen LogP contribution is 2.12. The fraction of sp³-hybridized carbons (Fsp3) is 0.638. The van der Waals surface area contributed by atoms with Crippen molar-refractivity contribution >= 4 is 17.9 Å². The Labute approximate surface area is 335 Å². The van der Waals surface area contributed by atoms with Crippen molar-refractivity contribution in [2.75, 3.05) is 41.0 Å². The third-order valence-electron chi connectivity index (χ3n) is 8.92. The number of carbonyl (C=O) groups excluding carboxylic acids is 3. The third kappa shape index (κ3) is 35.9. The first kappa shape index (κ1) is 51.5. The van der Waals surface area contributed by atoms with Crippen molar-refractivity contribution in [2.45, 2.75) is 154 Å². The van der Waals surface area contributed by atoms with Crippen LogP contribution in [0.4, 0.5) is 0 Å². The van der Waals surface area contributed by atoms with Crippen molar-refractivity contribution in [3.8, 4) is 0 Å². The summed E-state index contributed by atoms with van der Waals surface area (Å²) in [6, 6.07) is -0.741. The van der Waals surface area contributed by atoms with Crippen molar-refractivity contribution in [3.63, 3.8) is 0 Å². The van der Waals surface area contributed by atoms with Crippen LogP contribution in [0, 0.1) is 0 Å². The van der Waals surface area contributed by atoms with E-state index in [1.165, 1.54) is 44.9 Å². The minimum atomic E-state index is -1.14. The van der Waals surface area contributed by atoms with Crippen LogP contribution in [-0.2, 0) is 28.6 Å². The molecule has 0 aromatic carbocycles. The number of likely N-dealkylation sites (N-methyl/N-ethyl adjacent to an activating group) is 1. The first-order chi connectivity index (χ1) is 26.6. The van der Waals surface area contributed by atoms with E-state index in [-0.39, 0.29) is 55.5 Å². The maximum Gasteiger partial charge on any atom is 0.306 e. The lowest BCUT2D eigenvalue weighted by Gasteiger charge is -2.34. The lowest BCUT2D eigenvalue weighted by atomic mass is 10.1. The molecule has 0 aliphatic carbocycles. The Bertz CT molecular complexity index is 1170. The highest BCUT2D eigenvalue weighted by Gasteiger charge is 2.25. The third-order valence-corrected chi connectivity index (χ3v) is 8.92. The van der Waals surface area contributed by atoms with Crippen molar-refractivity contribution in [3.05, 3.63) is 85.1 Å². The Hall–Kier alpha value is -3.49. The summed E-state index contributed by atoms with van der Waals surface area (Å²) in [5, 5.41) is 11.6. The lowest BCUT2D eigenvalue weighted by molar-refractivity contribution is -0.889. The summed E-state index contributed by atoms with van der Waals surface area (Å²) < 4.78 is 17.1. The number of allylic oxidation sites excluding steroid dienone is 14. The van der Waals surface area contributed by atoms with Gasteiger partial charge in [-0.3, -0.25) is 9.59 Å². The smallest absolute Gasteiger partial charge is 0.306 e. The molecule has 0 amide bonds. The molecule has 0 aromatic heterocycles. The normalized spacial score (nSPS) is 13.8. The van der Waals surface area contributed by atoms with Crippen molar-refractivity contribution in [1.82, 2.24) is 0 Å². The number of carbonyl (C=O) groups is 3. The zero-order chi connectivity index (χ0) is 40.7. The van der Waals surface area contributed by atoms with Gasteiger partial charge < -0.3 is 28.6 Å². The van der Waals surface area contributed by atoms with E-state index in [1.807, 2.05) is 48.6 Å². The van der Waals surface area contributed by atoms with Crippen LogP contribution >= 0.6 is 0 Å². The number of carboxylic acids is 1. The molecule has 8 nitrogen and oxygen atoms in total. The molecule has 0 aromatic rings. The molecule has 0 saturated carbocycles.